The number of carboxylic acid groups (broad SMARTS) is 1. The zero-order valence-corrected chi connectivity index (χ0v) is 9.25. The van der Waals surface area contributed by atoms with Gasteiger partial charge in [-0.3, -0.25) is 0 Å². The molecule has 0 bridgehead atoms. The first kappa shape index (κ1) is 14.4. The van der Waals surface area contributed by atoms with Crippen molar-refractivity contribution in [2.75, 3.05) is 0 Å². The Morgan fingerprint density at radius 1 is 1.33 bits per heavy atom. The van der Waals surface area contributed by atoms with Gasteiger partial charge >= 0.3 is 12.1 Å². The molecular formula is C11H10F4O3. The van der Waals surface area contributed by atoms with Gasteiger partial charge in [-0.2, -0.15) is 13.2 Å². The van der Waals surface area contributed by atoms with Crippen LogP contribution in [0, 0.1) is 5.82 Å². The molecule has 0 saturated heterocycles. The number of benzene rings is 1. The molecule has 7 heteroatoms. The number of aliphatic hydroxyl groups is 1. The predicted molar refractivity (Wildman–Crippen MR) is 53.4 cm³/mol. The van der Waals surface area contributed by atoms with Crippen molar-refractivity contribution in [3.63, 3.8) is 0 Å². The Kier molecular flexibility index (Phi) is 3.66. The van der Waals surface area contributed by atoms with Gasteiger partial charge in [-0.25, -0.2) is 9.18 Å². The molecule has 0 spiro atoms. The Morgan fingerprint density at radius 2 is 1.89 bits per heavy atom. The van der Waals surface area contributed by atoms with Crippen molar-refractivity contribution in [2.24, 2.45) is 0 Å². The van der Waals surface area contributed by atoms with Crippen molar-refractivity contribution in [3.8, 4) is 0 Å². The lowest BCUT2D eigenvalue weighted by molar-refractivity contribution is -0.157. The molecular weight excluding hydrogens is 256 g/mol. The first-order valence-electron chi connectivity index (χ1n) is 4.85. The molecule has 0 radical (unpaired) electrons. The van der Waals surface area contributed by atoms with Gasteiger partial charge in [-0.15, -0.1) is 0 Å². The lowest BCUT2D eigenvalue weighted by Crippen LogP contribution is -2.37. The summed E-state index contributed by atoms with van der Waals surface area (Å²) in [6.45, 7) is 0.874. The number of carboxylic acids is 1. The smallest absolute Gasteiger partial charge is 0.416 e. The van der Waals surface area contributed by atoms with Gasteiger partial charge in [0.05, 0.1) is 5.56 Å². The standard InChI is InChI=1S/C11H10F4O3/c1-10(18,9(16)17)5-6-2-3-7(12)4-8(6)11(13,14)15/h2-4,18H,5H2,1H3,(H,16,17). The van der Waals surface area contributed by atoms with E-state index in [0.29, 0.717) is 0 Å². The molecule has 0 fully saturated rings. The molecule has 1 unspecified atom stereocenters. The van der Waals surface area contributed by atoms with Crippen molar-refractivity contribution in [1.29, 1.82) is 0 Å². The summed E-state index contributed by atoms with van der Waals surface area (Å²) in [5, 5.41) is 18.1. The molecule has 0 saturated carbocycles. The van der Waals surface area contributed by atoms with E-state index in [1.54, 1.807) is 0 Å². The van der Waals surface area contributed by atoms with Gasteiger partial charge in [0.1, 0.15) is 5.82 Å². The average molecular weight is 266 g/mol. The second-order valence-corrected chi connectivity index (χ2v) is 4.06. The highest BCUT2D eigenvalue weighted by molar-refractivity contribution is 5.77. The van der Waals surface area contributed by atoms with Crippen LogP contribution in [0.3, 0.4) is 0 Å². The Morgan fingerprint density at radius 3 is 2.33 bits per heavy atom. The number of aliphatic carboxylic acids is 1. The van der Waals surface area contributed by atoms with E-state index in [0.717, 1.165) is 19.1 Å². The van der Waals surface area contributed by atoms with Crippen LogP contribution in [0.25, 0.3) is 0 Å². The fourth-order valence-corrected chi connectivity index (χ4v) is 1.41. The second-order valence-electron chi connectivity index (χ2n) is 4.06. The Balaban J connectivity index is 3.22. The van der Waals surface area contributed by atoms with Crippen molar-refractivity contribution >= 4 is 5.97 Å². The van der Waals surface area contributed by atoms with Gasteiger partial charge in [0, 0.05) is 6.42 Å². The molecule has 3 nitrogen and oxygen atoms in total. The number of alkyl halides is 3. The minimum atomic E-state index is -4.81. The highest BCUT2D eigenvalue weighted by Gasteiger charge is 2.37. The summed E-state index contributed by atoms with van der Waals surface area (Å²) in [5.41, 5.74) is -4.11. The largest absolute Gasteiger partial charge is 0.479 e. The first-order chi connectivity index (χ1) is 8.04. The second kappa shape index (κ2) is 4.56. The van der Waals surface area contributed by atoms with E-state index < -0.39 is 41.1 Å². The van der Waals surface area contributed by atoms with Gasteiger partial charge in [-0.1, -0.05) is 6.07 Å². The number of hydrogen-bond acceptors (Lipinski definition) is 2. The van der Waals surface area contributed by atoms with E-state index in [1.807, 2.05) is 0 Å². The third kappa shape index (κ3) is 3.19. The van der Waals surface area contributed by atoms with Crippen molar-refractivity contribution in [2.45, 2.75) is 25.1 Å². The van der Waals surface area contributed by atoms with E-state index in [9.17, 15) is 27.5 Å². The normalized spacial score (nSPS) is 15.2. The molecule has 1 aromatic carbocycles. The van der Waals surface area contributed by atoms with Crippen LogP contribution < -0.4 is 0 Å². The number of rotatable bonds is 3. The van der Waals surface area contributed by atoms with E-state index in [-0.39, 0.29) is 6.07 Å². The van der Waals surface area contributed by atoms with Crippen LogP contribution in [0.15, 0.2) is 18.2 Å². The van der Waals surface area contributed by atoms with Gasteiger partial charge in [-0.05, 0) is 24.6 Å². The summed E-state index contributed by atoms with van der Waals surface area (Å²) < 4.78 is 50.6. The van der Waals surface area contributed by atoms with E-state index in [1.165, 1.54) is 0 Å². The minimum absolute atomic E-state index is 0.271. The predicted octanol–water partition coefficient (Wildman–Crippen LogP) is 2.22. The van der Waals surface area contributed by atoms with Crippen molar-refractivity contribution in [1.82, 2.24) is 0 Å². The van der Waals surface area contributed by atoms with Crippen LogP contribution in [0.4, 0.5) is 17.6 Å². The Hall–Kier alpha value is -1.63. The van der Waals surface area contributed by atoms with Crippen LogP contribution in [0.1, 0.15) is 18.1 Å². The summed E-state index contributed by atoms with van der Waals surface area (Å²) >= 11 is 0. The molecule has 0 amide bonds. The molecule has 0 aliphatic carbocycles. The van der Waals surface area contributed by atoms with Crippen LogP contribution in [0.2, 0.25) is 0 Å². The maximum absolute atomic E-state index is 12.8. The average Bonchev–Trinajstić information content (AvgIpc) is 2.18. The number of carbonyl (C=O) groups is 1. The zero-order chi connectivity index (χ0) is 14.1. The van der Waals surface area contributed by atoms with Crippen LogP contribution in [-0.2, 0) is 17.4 Å². The van der Waals surface area contributed by atoms with Crippen LogP contribution in [-0.4, -0.2) is 21.8 Å². The number of hydrogen-bond donors (Lipinski definition) is 2. The maximum atomic E-state index is 12.8. The van der Waals surface area contributed by atoms with Gasteiger partial charge in [0.15, 0.2) is 5.60 Å². The summed E-state index contributed by atoms with van der Waals surface area (Å²) in [6.07, 6.45) is -5.58. The van der Waals surface area contributed by atoms with Crippen molar-refractivity contribution in [3.05, 3.63) is 35.1 Å². The number of halogens is 4. The highest BCUT2D eigenvalue weighted by Crippen LogP contribution is 2.34. The monoisotopic (exact) mass is 266 g/mol. The zero-order valence-electron chi connectivity index (χ0n) is 9.25. The summed E-state index contributed by atoms with van der Waals surface area (Å²) in [5.74, 6) is -2.74. The molecule has 0 aliphatic rings. The third-order valence-electron chi connectivity index (χ3n) is 2.37. The lowest BCUT2D eigenvalue weighted by Gasteiger charge is -2.20. The maximum Gasteiger partial charge on any atom is 0.416 e. The van der Waals surface area contributed by atoms with Crippen LogP contribution in [0.5, 0.6) is 0 Å². The molecule has 100 valence electrons. The molecule has 2 N–H and O–H groups in total. The highest BCUT2D eigenvalue weighted by atomic mass is 19.4. The van der Waals surface area contributed by atoms with Crippen LogP contribution >= 0.6 is 0 Å². The molecule has 1 atom stereocenters. The fraction of sp³-hybridized carbons (Fsp3) is 0.364. The van der Waals surface area contributed by atoms with Crippen molar-refractivity contribution < 1.29 is 32.6 Å². The molecule has 0 aliphatic heterocycles. The van der Waals surface area contributed by atoms with Gasteiger partial charge < -0.3 is 10.2 Å². The summed E-state index contributed by atoms with van der Waals surface area (Å²) in [7, 11) is 0. The Bertz CT molecular complexity index is 466. The molecule has 0 aromatic heterocycles. The van der Waals surface area contributed by atoms with E-state index >= 15 is 0 Å². The van der Waals surface area contributed by atoms with Gasteiger partial charge in [0.2, 0.25) is 0 Å². The van der Waals surface area contributed by atoms with E-state index in [4.69, 9.17) is 5.11 Å². The minimum Gasteiger partial charge on any atom is -0.479 e. The molecule has 0 heterocycles. The van der Waals surface area contributed by atoms with Gasteiger partial charge in [0.25, 0.3) is 0 Å². The fourth-order valence-electron chi connectivity index (χ4n) is 1.41. The quantitative estimate of drug-likeness (QED) is 0.825. The SMILES string of the molecule is CC(O)(Cc1ccc(F)cc1C(F)(F)F)C(=O)O. The third-order valence-corrected chi connectivity index (χ3v) is 2.37. The summed E-state index contributed by atoms with van der Waals surface area (Å²) in [6, 6.07) is 1.87. The molecule has 1 aromatic rings. The Labute approximate surface area is 99.7 Å². The topological polar surface area (TPSA) is 57.5 Å². The lowest BCUT2D eigenvalue weighted by atomic mass is 9.93. The summed E-state index contributed by atoms with van der Waals surface area (Å²) in [4.78, 5) is 10.6. The molecule has 18 heavy (non-hydrogen) atoms. The molecule has 1 rings (SSSR count). The van der Waals surface area contributed by atoms with E-state index in [2.05, 4.69) is 0 Å². The first-order valence-corrected chi connectivity index (χ1v) is 4.85.